The number of fused-ring (bicyclic) bond motifs is 7. The van der Waals surface area contributed by atoms with Gasteiger partial charge < -0.3 is 14.2 Å². The van der Waals surface area contributed by atoms with Crippen LogP contribution in [0.4, 0.5) is 0 Å². The molecule has 0 atom stereocenters. The van der Waals surface area contributed by atoms with Crippen molar-refractivity contribution in [3.63, 3.8) is 0 Å². The molecule has 0 aliphatic heterocycles. The van der Waals surface area contributed by atoms with Crippen molar-refractivity contribution in [3.8, 4) is 22.3 Å². The van der Waals surface area contributed by atoms with E-state index in [4.69, 9.17) is 9.07 Å². The number of benzene rings is 4. The Balaban J connectivity index is 1.50. The summed E-state index contributed by atoms with van der Waals surface area (Å²) in [6.45, 7) is 7.42. The first-order valence-electron chi connectivity index (χ1n) is 11.1. The van der Waals surface area contributed by atoms with E-state index in [2.05, 4.69) is 54.6 Å². The summed E-state index contributed by atoms with van der Waals surface area (Å²) in [6.07, 6.45) is 0. The van der Waals surface area contributed by atoms with Crippen LogP contribution in [0.25, 0.3) is 55.0 Å². The highest BCUT2D eigenvalue weighted by Gasteiger charge is 2.35. The monoisotopic (exact) mass is 420 g/mol. The molecule has 4 aromatic carbocycles. The molecule has 1 aromatic heterocycles. The summed E-state index contributed by atoms with van der Waals surface area (Å²) >= 11 is 0. The molecule has 6 rings (SSSR count). The predicted octanol–water partition coefficient (Wildman–Crippen LogP) is 5.93. The van der Waals surface area contributed by atoms with E-state index in [-0.39, 0.29) is 0 Å². The highest BCUT2D eigenvalue weighted by atomic mass is 16.5. The lowest BCUT2D eigenvalue weighted by atomic mass is 9.81. The van der Waals surface area contributed by atoms with Crippen molar-refractivity contribution >= 4 is 45.7 Å². The van der Waals surface area contributed by atoms with Gasteiger partial charge in [-0.1, -0.05) is 60.1 Å². The van der Waals surface area contributed by atoms with E-state index in [0.29, 0.717) is 7.48 Å². The molecular formula is C28H25BO3. The number of furan rings is 1. The highest BCUT2D eigenvalue weighted by molar-refractivity contribution is 6.47. The molecule has 0 saturated heterocycles. The maximum atomic E-state index is 10.4. The fraction of sp³-hybridized carbons (Fsp3) is 0.214. The third-order valence-electron chi connectivity index (χ3n) is 7.24. The van der Waals surface area contributed by atoms with Crippen LogP contribution >= 0.6 is 0 Å². The molecule has 0 saturated carbocycles. The van der Waals surface area contributed by atoms with E-state index in [0.717, 1.165) is 22.0 Å². The summed E-state index contributed by atoms with van der Waals surface area (Å²) in [4.78, 5) is 0. The van der Waals surface area contributed by atoms with Gasteiger partial charge >= 0.3 is 7.48 Å². The van der Waals surface area contributed by atoms with Crippen molar-refractivity contribution in [1.82, 2.24) is 0 Å². The van der Waals surface area contributed by atoms with Crippen LogP contribution in [0.15, 0.2) is 71.1 Å². The Hall–Kier alpha value is -3.08. The molecule has 0 unspecified atom stereocenters. The van der Waals surface area contributed by atoms with Crippen LogP contribution in [0.3, 0.4) is 0 Å². The third kappa shape index (κ3) is 2.70. The van der Waals surface area contributed by atoms with Gasteiger partial charge in [-0.2, -0.15) is 0 Å². The van der Waals surface area contributed by atoms with Gasteiger partial charge in [-0.05, 0) is 72.9 Å². The van der Waals surface area contributed by atoms with Crippen LogP contribution in [0.2, 0.25) is 0 Å². The quantitative estimate of drug-likeness (QED) is 0.360. The average Bonchev–Trinajstić information content (AvgIpc) is 3.29. The normalized spacial score (nSPS) is 13.3. The summed E-state index contributed by atoms with van der Waals surface area (Å²) in [5.74, 6) is 0. The summed E-state index contributed by atoms with van der Waals surface area (Å²) in [5.41, 5.74) is 6.30. The summed E-state index contributed by atoms with van der Waals surface area (Å²) in [5, 5.41) is 15.3. The van der Waals surface area contributed by atoms with Crippen molar-refractivity contribution in [2.75, 3.05) is 0 Å². The van der Waals surface area contributed by atoms with Crippen molar-refractivity contribution in [2.24, 2.45) is 0 Å². The standard InChI is InChI=1S/C28H25BO3/c1-27(2,30)28(3,4)32-29-16-12-13-17-21(14-16)18-9-7-10-20-25(18)22(17)15-24-26(20)19-8-5-6-11-23(19)31-24/h5-15,29-30H,1-4H3. The second-order valence-corrected chi connectivity index (χ2v) is 9.86. The molecule has 158 valence electrons. The van der Waals surface area contributed by atoms with Crippen molar-refractivity contribution < 1.29 is 14.2 Å². The van der Waals surface area contributed by atoms with Gasteiger partial charge in [-0.3, -0.25) is 0 Å². The Kier molecular flexibility index (Phi) is 3.96. The first-order chi connectivity index (χ1) is 15.2. The van der Waals surface area contributed by atoms with Crippen molar-refractivity contribution in [1.29, 1.82) is 0 Å². The molecule has 5 aromatic rings. The first-order valence-corrected chi connectivity index (χ1v) is 11.1. The molecular weight excluding hydrogens is 395 g/mol. The molecule has 0 spiro atoms. The molecule has 32 heavy (non-hydrogen) atoms. The minimum absolute atomic E-state index is 0.448. The molecule has 0 amide bonds. The lowest BCUT2D eigenvalue weighted by molar-refractivity contribution is -0.0893. The molecule has 1 aliphatic carbocycles. The lowest BCUT2D eigenvalue weighted by Gasteiger charge is -2.37. The zero-order valence-corrected chi connectivity index (χ0v) is 18.8. The van der Waals surface area contributed by atoms with E-state index in [1.165, 1.54) is 38.4 Å². The molecule has 1 heterocycles. The van der Waals surface area contributed by atoms with Gasteiger partial charge in [0.05, 0.1) is 11.2 Å². The van der Waals surface area contributed by atoms with Crippen LogP contribution in [0.5, 0.6) is 0 Å². The Morgan fingerprint density at radius 2 is 1.50 bits per heavy atom. The van der Waals surface area contributed by atoms with E-state index in [1.807, 2.05) is 26.0 Å². The van der Waals surface area contributed by atoms with Gasteiger partial charge in [0, 0.05) is 10.8 Å². The Morgan fingerprint density at radius 1 is 0.719 bits per heavy atom. The maximum absolute atomic E-state index is 10.4. The summed E-state index contributed by atoms with van der Waals surface area (Å²) in [6, 6.07) is 23.5. The number of aliphatic hydroxyl groups is 1. The second-order valence-electron chi connectivity index (χ2n) is 9.86. The van der Waals surface area contributed by atoms with Crippen LogP contribution in [-0.4, -0.2) is 23.8 Å². The molecule has 1 aliphatic rings. The average molecular weight is 420 g/mol. The van der Waals surface area contributed by atoms with Crippen LogP contribution in [0, 0.1) is 0 Å². The van der Waals surface area contributed by atoms with E-state index >= 15 is 0 Å². The third-order valence-corrected chi connectivity index (χ3v) is 7.24. The van der Waals surface area contributed by atoms with Gasteiger partial charge in [-0.25, -0.2) is 0 Å². The Labute approximate surface area is 187 Å². The Morgan fingerprint density at radius 3 is 2.31 bits per heavy atom. The predicted molar refractivity (Wildman–Crippen MR) is 134 cm³/mol. The second kappa shape index (κ2) is 6.47. The molecule has 0 fully saturated rings. The first kappa shape index (κ1) is 19.6. The van der Waals surface area contributed by atoms with E-state index in [9.17, 15) is 5.11 Å². The summed E-state index contributed by atoms with van der Waals surface area (Å²) in [7, 11) is 0.448. The summed E-state index contributed by atoms with van der Waals surface area (Å²) < 4.78 is 12.4. The minimum Gasteiger partial charge on any atom is -0.456 e. The van der Waals surface area contributed by atoms with Gasteiger partial charge in [0.1, 0.15) is 11.2 Å². The van der Waals surface area contributed by atoms with Crippen molar-refractivity contribution in [2.45, 2.75) is 38.9 Å². The highest BCUT2D eigenvalue weighted by Crippen LogP contribution is 2.50. The largest absolute Gasteiger partial charge is 0.456 e. The molecule has 0 bridgehead atoms. The van der Waals surface area contributed by atoms with Gasteiger partial charge in [0.15, 0.2) is 0 Å². The molecule has 1 N–H and O–H groups in total. The molecule has 4 heteroatoms. The lowest BCUT2D eigenvalue weighted by Crippen LogP contribution is -2.49. The molecule has 0 radical (unpaired) electrons. The minimum atomic E-state index is -0.928. The van der Waals surface area contributed by atoms with Gasteiger partial charge in [0.2, 0.25) is 0 Å². The number of rotatable bonds is 4. The van der Waals surface area contributed by atoms with Gasteiger partial charge in [-0.15, -0.1) is 0 Å². The number of hydrogen-bond donors (Lipinski definition) is 1. The topological polar surface area (TPSA) is 42.6 Å². The van der Waals surface area contributed by atoms with E-state index in [1.54, 1.807) is 13.8 Å². The number of para-hydroxylation sites is 1. The fourth-order valence-corrected chi connectivity index (χ4v) is 4.71. The van der Waals surface area contributed by atoms with E-state index < -0.39 is 11.2 Å². The van der Waals surface area contributed by atoms with Crippen LogP contribution < -0.4 is 5.46 Å². The zero-order chi connectivity index (χ0) is 22.3. The van der Waals surface area contributed by atoms with Crippen molar-refractivity contribution in [3.05, 3.63) is 66.7 Å². The SMILES string of the molecule is CC(C)(O)C(C)(C)OBc1ccc2c(c1)-c1cccc3c1c-2cc1oc2ccccc2c13. The van der Waals surface area contributed by atoms with Gasteiger partial charge in [0.25, 0.3) is 0 Å². The Bertz CT molecular complexity index is 1540. The molecule has 3 nitrogen and oxygen atoms in total. The van der Waals surface area contributed by atoms with Crippen LogP contribution in [0.1, 0.15) is 27.7 Å². The smallest absolute Gasteiger partial charge is 0.309 e. The maximum Gasteiger partial charge on any atom is 0.309 e. The zero-order valence-electron chi connectivity index (χ0n) is 18.8. The van der Waals surface area contributed by atoms with Crippen LogP contribution in [-0.2, 0) is 4.65 Å². The fourth-order valence-electron chi connectivity index (χ4n) is 4.71. The number of hydrogen-bond acceptors (Lipinski definition) is 3.